The lowest BCUT2D eigenvalue weighted by molar-refractivity contribution is -0.118. The minimum absolute atomic E-state index is 0.0253. The first kappa shape index (κ1) is 12.3. The molecule has 1 unspecified atom stereocenters. The van der Waals surface area contributed by atoms with Crippen molar-refractivity contribution >= 4 is 44.6 Å². The van der Waals surface area contributed by atoms with E-state index in [2.05, 4.69) is 25.9 Å². The van der Waals surface area contributed by atoms with Crippen molar-refractivity contribution in [2.24, 2.45) is 5.73 Å². The molecular formula is C10H10BrClN4O. The zero-order valence-electron chi connectivity index (χ0n) is 9.02. The van der Waals surface area contributed by atoms with Gasteiger partial charge in [-0.25, -0.2) is 9.97 Å². The molecule has 0 radical (unpaired) electrons. The van der Waals surface area contributed by atoms with Gasteiger partial charge in [-0.2, -0.15) is 0 Å². The van der Waals surface area contributed by atoms with Gasteiger partial charge in [-0.05, 0) is 28.9 Å². The topological polar surface area (TPSA) is 73.8 Å². The molecule has 0 aliphatic heterocycles. The first-order chi connectivity index (χ1) is 7.99. The number of halogens is 2. The maximum Gasteiger partial charge on any atom is 0.237 e. The summed E-state index contributed by atoms with van der Waals surface area (Å²) in [6, 6.07) is 1.82. The van der Waals surface area contributed by atoms with Gasteiger partial charge in [0.25, 0.3) is 0 Å². The van der Waals surface area contributed by atoms with Crippen molar-refractivity contribution in [3.05, 3.63) is 22.6 Å². The zero-order chi connectivity index (χ0) is 12.6. The van der Waals surface area contributed by atoms with Gasteiger partial charge in [-0.1, -0.05) is 0 Å². The molecule has 1 amide bonds. The number of hydrogen-bond donors (Lipinski definition) is 1. The molecule has 2 aromatic rings. The summed E-state index contributed by atoms with van der Waals surface area (Å²) in [6.07, 6.45) is 1.64. The Bertz CT molecular complexity index is 581. The number of carbonyl (C=O) groups is 1. The van der Waals surface area contributed by atoms with E-state index in [9.17, 15) is 4.79 Å². The van der Waals surface area contributed by atoms with Gasteiger partial charge in [0.2, 0.25) is 5.91 Å². The number of nitrogens with zero attached hydrogens (tertiary/aromatic N) is 3. The van der Waals surface area contributed by atoms with Crippen LogP contribution < -0.4 is 5.73 Å². The average molecular weight is 318 g/mol. The van der Waals surface area contributed by atoms with Crippen molar-refractivity contribution in [1.29, 1.82) is 0 Å². The number of pyridine rings is 1. The van der Waals surface area contributed by atoms with Crippen LogP contribution in [0.4, 0.5) is 0 Å². The first-order valence-corrected chi connectivity index (χ1v) is 6.16. The van der Waals surface area contributed by atoms with Gasteiger partial charge in [0.15, 0.2) is 5.65 Å². The lowest BCUT2D eigenvalue weighted by atomic mass is 10.4. The van der Waals surface area contributed by atoms with Crippen LogP contribution in [0, 0.1) is 0 Å². The molecule has 5 nitrogen and oxygen atoms in total. The van der Waals surface area contributed by atoms with Crippen LogP contribution in [0.25, 0.3) is 11.2 Å². The number of carbonyl (C=O) groups excluding carboxylic acids is 1. The highest BCUT2D eigenvalue weighted by atomic mass is 79.9. The summed E-state index contributed by atoms with van der Waals surface area (Å²) in [7, 11) is 0. The number of primary amides is 1. The molecule has 0 aliphatic rings. The molecule has 0 aromatic carbocycles. The van der Waals surface area contributed by atoms with E-state index in [1.54, 1.807) is 17.7 Å². The van der Waals surface area contributed by atoms with Crippen molar-refractivity contribution in [2.75, 3.05) is 0 Å². The predicted octanol–water partition coefficient (Wildman–Crippen LogP) is 1.98. The van der Waals surface area contributed by atoms with Gasteiger partial charge in [0.05, 0.1) is 5.38 Å². The molecule has 0 saturated heterocycles. The summed E-state index contributed by atoms with van der Waals surface area (Å²) in [6.45, 7) is 1.81. The standard InChI is InChI=1S/C10H10BrClN4O/c1-5(12)9-15-7-2-6(11)3-14-10(7)16(9)4-8(13)17/h2-3,5H,4H2,1H3,(H2,13,17). The van der Waals surface area contributed by atoms with Gasteiger partial charge < -0.3 is 10.3 Å². The summed E-state index contributed by atoms with van der Waals surface area (Å²) in [4.78, 5) is 19.6. The largest absolute Gasteiger partial charge is 0.368 e. The molecule has 2 heterocycles. The summed E-state index contributed by atoms with van der Waals surface area (Å²) < 4.78 is 2.46. The fourth-order valence-corrected chi connectivity index (χ4v) is 2.11. The molecule has 2 rings (SSSR count). The van der Waals surface area contributed by atoms with E-state index >= 15 is 0 Å². The van der Waals surface area contributed by atoms with E-state index in [1.165, 1.54) is 0 Å². The second-order valence-electron chi connectivity index (χ2n) is 3.63. The first-order valence-electron chi connectivity index (χ1n) is 4.93. The van der Waals surface area contributed by atoms with E-state index < -0.39 is 5.91 Å². The SMILES string of the molecule is CC(Cl)c1nc2cc(Br)cnc2n1CC(N)=O. The van der Waals surface area contributed by atoms with Crippen molar-refractivity contribution in [1.82, 2.24) is 14.5 Å². The molecule has 0 spiro atoms. The van der Waals surface area contributed by atoms with Gasteiger partial charge in [-0.3, -0.25) is 4.79 Å². The van der Waals surface area contributed by atoms with Gasteiger partial charge >= 0.3 is 0 Å². The molecule has 90 valence electrons. The van der Waals surface area contributed by atoms with Crippen LogP contribution in [-0.2, 0) is 11.3 Å². The van der Waals surface area contributed by atoms with E-state index in [4.69, 9.17) is 17.3 Å². The monoisotopic (exact) mass is 316 g/mol. The fraction of sp³-hybridized carbons (Fsp3) is 0.300. The van der Waals surface area contributed by atoms with Crippen LogP contribution in [0.2, 0.25) is 0 Å². The van der Waals surface area contributed by atoms with Crippen molar-refractivity contribution in [3.8, 4) is 0 Å². The van der Waals surface area contributed by atoms with Crippen molar-refractivity contribution < 1.29 is 4.79 Å². The average Bonchev–Trinajstić information content (AvgIpc) is 2.55. The van der Waals surface area contributed by atoms with E-state index in [0.29, 0.717) is 17.0 Å². The molecule has 2 aromatic heterocycles. The second kappa shape index (κ2) is 4.62. The number of rotatable bonds is 3. The molecule has 2 N–H and O–H groups in total. The summed E-state index contributed by atoms with van der Waals surface area (Å²) in [5.74, 6) is 0.138. The molecule has 0 fully saturated rings. The quantitative estimate of drug-likeness (QED) is 0.880. The van der Waals surface area contributed by atoms with Gasteiger partial charge in [0.1, 0.15) is 17.9 Å². The molecule has 1 atom stereocenters. The summed E-state index contributed by atoms with van der Waals surface area (Å²) >= 11 is 9.35. The Morgan fingerprint density at radius 1 is 1.71 bits per heavy atom. The Morgan fingerprint density at radius 3 is 3.00 bits per heavy atom. The van der Waals surface area contributed by atoms with Crippen molar-refractivity contribution in [3.63, 3.8) is 0 Å². The highest BCUT2D eigenvalue weighted by molar-refractivity contribution is 9.10. The minimum atomic E-state index is -0.451. The number of hydrogen-bond acceptors (Lipinski definition) is 3. The Kier molecular flexibility index (Phi) is 3.35. The number of fused-ring (bicyclic) bond motifs is 1. The van der Waals surface area contributed by atoms with E-state index in [1.807, 2.05) is 6.07 Å². The fourth-order valence-electron chi connectivity index (χ4n) is 1.62. The highest BCUT2D eigenvalue weighted by Crippen LogP contribution is 2.24. The van der Waals surface area contributed by atoms with Crippen LogP contribution in [0.1, 0.15) is 18.1 Å². The van der Waals surface area contributed by atoms with E-state index in [-0.39, 0.29) is 11.9 Å². The van der Waals surface area contributed by atoms with Crippen LogP contribution >= 0.6 is 27.5 Å². The lowest BCUT2D eigenvalue weighted by Gasteiger charge is -2.06. The van der Waals surface area contributed by atoms with Crippen LogP contribution in [-0.4, -0.2) is 20.4 Å². The second-order valence-corrected chi connectivity index (χ2v) is 5.21. The molecule has 17 heavy (non-hydrogen) atoms. The Hall–Kier alpha value is -1.14. The van der Waals surface area contributed by atoms with Crippen LogP contribution in [0.5, 0.6) is 0 Å². The zero-order valence-corrected chi connectivity index (χ0v) is 11.4. The Morgan fingerprint density at radius 2 is 2.41 bits per heavy atom. The Balaban J connectivity index is 2.66. The third-order valence-corrected chi connectivity index (χ3v) is 2.88. The molecule has 0 bridgehead atoms. The van der Waals surface area contributed by atoms with Crippen LogP contribution in [0.15, 0.2) is 16.7 Å². The number of aromatic nitrogens is 3. The molecular weight excluding hydrogens is 307 g/mol. The normalized spacial score (nSPS) is 12.9. The predicted molar refractivity (Wildman–Crippen MR) is 68.7 cm³/mol. The third-order valence-electron chi connectivity index (χ3n) is 2.25. The maximum absolute atomic E-state index is 11.0. The summed E-state index contributed by atoms with van der Waals surface area (Å²) in [5, 5.41) is -0.317. The molecule has 0 saturated carbocycles. The molecule has 7 heteroatoms. The van der Waals surface area contributed by atoms with E-state index in [0.717, 1.165) is 4.47 Å². The maximum atomic E-state index is 11.0. The van der Waals surface area contributed by atoms with Crippen molar-refractivity contribution in [2.45, 2.75) is 18.8 Å². The van der Waals surface area contributed by atoms with Crippen LogP contribution in [0.3, 0.4) is 0 Å². The highest BCUT2D eigenvalue weighted by Gasteiger charge is 2.17. The molecule has 0 aliphatic carbocycles. The number of alkyl halides is 1. The lowest BCUT2D eigenvalue weighted by Crippen LogP contribution is -2.20. The smallest absolute Gasteiger partial charge is 0.237 e. The summed E-state index contributed by atoms with van der Waals surface area (Å²) in [5.41, 5.74) is 6.50. The Labute approximate surface area is 111 Å². The van der Waals surface area contributed by atoms with Gasteiger partial charge in [-0.15, -0.1) is 11.6 Å². The minimum Gasteiger partial charge on any atom is -0.368 e. The number of imidazole rings is 1. The number of nitrogens with two attached hydrogens (primary N) is 1. The third kappa shape index (κ3) is 2.42. The number of amides is 1. The van der Waals surface area contributed by atoms with Gasteiger partial charge in [0, 0.05) is 10.7 Å².